The lowest BCUT2D eigenvalue weighted by Gasteiger charge is -2.35. The van der Waals surface area contributed by atoms with E-state index >= 15 is 0 Å². The molecule has 0 spiro atoms. The summed E-state index contributed by atoms with van der Waals surface area (Å²) in [5.41, 5.74) is 0. The molecule has 6 nitrogen and oxygen atoms in total. The van der Waals surface area contributed by atoms with Crippen LogP contribution in [0, 0.1) is 0 Å². The summed E-state index contributed by atoms with van der Waals surface area (Å²) in [6.45, 7) is 3.39. The molecule has 1 heterocycles. The first-order chi connectivity index (χ1) is 10.1. The fraction of sp³-hybridized carbons (Fsp3) is 0.857. The number of thioether (sulfide) groups is 1. The van der Waals surface area contributed by atoms with E-state index in [1.807, 2.05) is 11.8 Å². The molecule has 2 N–H and O–H groups in total. The van der Waals surface area contributed by atoms with Crippen LogP contribution < -0.4 is 5.32 Å². The maximum atomic E-state index is 12.4. The van der Waals surface area contributed by atoms with Gasteiger partial charge in [0.1, 0.15) is 0 Å². The molecule has 0 bridgehead atoms. The fourth-order valence-electron chi connectivity index (χ4n) is 3.01. The number of carbonyl (C=O) groups excluding carboxylic acids is 1. The summed E-state index contributed by atoms with van der Waals surface area (Å²) in [4.78, 5) is 24.9. The molecule has 2 rings (SSSR count). The number of morpholine rings is 1. The molecule has 0 aromatic heterocycles. The van der Waals surface area contributed by atoms with Gasteiger partial charge in [-0.3, -0.25) is 4.79 Å². The molecule has 0 aromatic rings. The third-order valence-corrected chi connectivity index (χ3v) is 5.25. The number of urea groups is 1. The monoisotopic (exact) mass is 316 g/mol. The topological polar surface area (TPSA) is 78.9 Å². The van der Waals surface area contributed by atoms with Crippen LogP contribution in [-0.2, 0) is 9.53 Å². The number of nitrogens with one attached hydrogen (secondary N) is 1. The Kier molecular flexibility index (Phi) is 6.17. The quantitative estimate of drug-likeness (QED) is 0.804. The number of ether oxygens (including phenoxy) is 1. The Morgan fingerprint density at radius 3 is 2.95 bits per heavy atom. The number of rotatable bonds is 5. The molecule has 21 heavy (non-hydrogen) atoms. The van der Waals surface area contributed by atoms with Crippen LogP contribution in [0.1, 0.15) is 32.6 Å². The highest BCUT2D eigenvalue weighted by atomic mass is 32.2. The largest absolute Gasteiger partial charge is 0.481 e. The lowest BCUT2D eigenvalue weighted by Crippen LogP contribution is -2.54. The first-order valence-corrected chi connectivity index (χ1v) is 8.63. The SMILES string of the molecule is CCSC1CCC(NC(=O)N2CCOCC2CC(=O)O)C1. The maximum Gasteiger partial charge on any atom is 0.318 e. The number of carbonyl (C=O) groups is 2. The molecule has 0 radical (unpaired) electrons. The highest BCUT2D eigenvalue weighted by Crippen LogP contribution is 2.29. The van der Waals surface area contributed by atoms with Crippen LogP contribution in [0.15, 0.2) is 0 Å². The van der Waals surface area contributed by atoms with Crippen LogP contribution in [-0.4, -0.2) is 64.9 Å². The Bertz CT molecular complexity index is 380. The Hall–Kier alpha value is -0.950. The van der Waals surface area contributed by atoms with Crippen LogP contribution in [0.2, 0.25) is 0 Å². The molecular formula is C14H24N2O4S. The van der Waals surface area contributed by atoms with Crippen molar-refractivity contribution >= 4 is 23.8 Å². The van der Waals surface area contributed by atoms with Crippen molar-refractivity contribution in [2.24, 2.45) is 0 Å². The first kappa shape index (κ1) is 16.4. The standard InChI is InChI=1S/C14H24N2O4S/c1-2-21-12-4-3-10(7-12)15-14(19)16-5-6-20-9-11(16)8-13(17)18/h10-12H,2-9H2,1H3,(H,15,19)(H,17,18). The summed E-state index contributed by atoms with van der Waals surface area (Å²) in [7, 11) is 0. The number of carboxylic acids is 1. The lowest BCUT2D eigenvalue weighted by atomic mass is 10.1. The van der Waals surface area contributed by atoms with Crippen molar-refractivity contribution in [2.75, 3.05) is 25.5 Å². The Labute approximate surface area is 129 Å². The third kappa shape index (κ3) is 4.78. The van der Waals surface area contributed by atoms with E-state index in [1.165, 1.54) is 0 Å². The van der Waals surface area contributed by atoms with Gasteiger partial charge < -0.3 is 20.1 Å². The van der Waals surface area contributed by atoms with Crippen molar-refractivity contribution in [2.45, 2.75) is 49.9 Å². The zero-order valence-electron chi connectivity index (χ0n) is 12.4. The van der Waals surface area contributed by atoms with Gasteiger partial charge in [0.2, 0.25) is 0 Å². The van der Waals surface area contributed by atoms with E-state index in [0.717, 1.165) is 25.0 Å². The van der Waals surface area contributed by atoms with Crippen molar-refractivity contribution < 1.29 is 19.4 Å². The van der Waals surface area contributed by atoms with Crippen molar-refractivity contribution in [3.8, 4) is 0 Å². The number of carboxylic acid groups (broad SMARTS) is 1. The van der Waals surface area contributed by atoms with Gasteiger partial charge in [-0.05, 0) is 25.0 Å². The van der Waals surface area contributed by atoms with E-state index < -0.39 is 5.97 Å². The van der Waals surface area contributed by atoms with Crippen LogP contribution >= 0.6 is 11.8 Å². The van der Waals surface area contributed by atoms with Gasteiger partial charge in [-0.25, -0.2) is 4.79 Å². The van der Waals surface area contributed by atoms with E-state index in [4.69, 9.17) is 9.84 Å². The van der Waals surface area contributed by atoms with Crippen LogP contribution in [0.3, 0.4) is 0 Å². The predicted octanol–water partition coefficient (Wildman–Crippen LogP) is 1.55. The van der Waals surface area contributed by atoms with Crippen molar-refractivity contribution in [3.63, 3.8) is 0 Å². The second kappa shape index (κ2) is 7.89. The number of hydrogen-bond acceptors (Lipinski definition) is 4. The number of aliphatic carboxylic acids is 1. The van der Waals surface area contributed by atoms with Crippen molar-refractivity contribution in [1.82, 2.24) is 10.2 Å². The van der Waals surface area contributed by atoms with Crippen LogP contribution in [0.4, 0.5) is 4.79 Å². The fourth-order valence-corrected chi connectivity index (χ4v) is 4.15. The lowest BCUT2D eigenvalue weighted by molar-refractivity contribution is -0.139. The van der Waals surface area contributed by atoms with Gasteiger partial charge in [0.05, 0.1) is 25.7 Å². The van der Waals surface area contributed by atoms with Gasteiger partial charge in [0, 0.05) is 17.8 Å². The van der Waals surface area contributed by atoms with E-state index in [0.29, 0.717) is 25.0 Å². The second-order valence-electron chi connectivity index (χ2n) is 5.56. The summed E-state index contributed by atoms with van der Waals surface area (Å²) in [6, 6.07) is -0.287. The zero-order chi connectivity index (χ0) is 15.2. The van der Waals surface area contributed by atoms with Crippen molar-refractivity contribution in [1.29, 1.82) is 0 Å². The van der Waals surface area contributed by atoms with Gasteiger partial charge >= 0.3 is 12.0 Å². The molecule has 1 aliphatic carbocycles. The Morgan fingerprint density at radius 1 is 1.43 bits per heavy atom. The van der Waals surface area contributed by atoms with Gasteiger partial charge in [0.15, 0.2) is 0 Å². The normalized spacial score (nSPS) is 29.4. The number of amides is 2. The minimum Gasteiger partial charge on any atom is -0.481 e. The molecule has 2 fully saturated rings. The molecule has 120 valence electrons. The Morgan fingerprint density at radius 2 is 2.24 bits per heavy atom. The molecule has 3 atom stereocenters. The van der Waals surface area contributed by atoms with Gasteiger partial charge in [0.25, 0.3) is 0 Å². The minimum absolute atomic E-state index is 0.0631. The van der Waals surface area contributed by atoms with E-state index in [2.05, 4.69) is 12.2 Å². The summed E-state index contributed by atoms with van der Waals surface area (Å²) < 4.78 is 5.29. The summed E-state index contributed by atoms with van der Waals surface area (Å²) >= 11 is 1.95. The molecule has 1 aliphatic heterocycles. The second-order valence-corrected chi connectivity index (χ2v) is 7.13. The maximum absolute atomic E-state index is 12.4. The first-order valence-electron chi connectivity index (χ1n) is 7.58. The third-order valence-electron chi connectivity index (χ3n) is 4.01. The van der Waals surface area contributed by atoms with Crippen molar-refractivity contribution in [3.05, 3.63) is 0 Å². The molecule has 0 aromatic carbocycles. The molecule has 3 unspecified atom stereocenters. The van der Waals surface area contributed by atoms with Gasteiger partial charge in [-0.1, -0.05) is 6.92 Å². The minimum atomic E-state index is -0.899. The van der Waals surface area contributed by atoms with E-state index in [1.54, 1.807) is 4.90 Å². The molecule has 1 saturated carbocycles. The number of nitrogens with zero attached hydrogens (tertiary/aromatic N) is 1. The number of hydrogen-bond donors (Lipinski definition) is 2. The molecular weight excluding hydrogens is 292 g/mol. The summed E-state index contributed by atoms with van der Waals surface area (Å²) in [6.07, 6.45) is 3.10. The molecule has 2 amide bonds. The predicted molar refractivity (Wildman–Crippen MR) is 81.7 cm³/mol. The zero-order valence-corrected chi connectivity index (χ0v) is 13.2. The smallest absolute Gasteiger partial charge is 0.318 e. The summed E-state index contributed by atoms with van der Waals surface area (Å²) in [5.74, 6) is 0.207. The van der Waals surface area contributed by atoms with Gasteiger partial charge in [-0.15, -0.1) is 0 Å². The average Bonchev–Trinajstić information content (AvgIpc) is 2.86. The summed E-state index contributed by atoms with van der Waals surface area (Å²) in [5, 5.41) is 12.6. The van der Waals surface area contributed by atoms with Gasteiger partial charge in [-0.2, -0.15) is 11.8 Å². The molecule has 2 aliphatic rings. The van der Waals surface area contributed by atoms with Crippen LogP contribution in [0.25, 0.3) is 0 Å². The highest BCUT2D eigenvalue weighted by Gasteiger charge is 2.32. The molecule has 1 saturated heterocycles. The Balaban J connectivity index is 1.85. The molecule has 7 heteroatoms. The van der Waals surface area contributed by atoms with E-state index in [-0.39, 0.29) is 24.5 Å². The van der Waals surface area contributed by atoms with E-state index in [9.17, 15) is 9.59 Å². The highest BCUT2D eigenvalue weighted by molar-refractivity contribution is 7.99. The van der Waals surface area contributed by atoms with Crippen LogP contribution in [0.5, 0.6) is 0 Å². The average molecular weight is 316 g/mol.